The maximum absolute atomic E-state index is 6.09. The van der Waals surface area contributed by atoms with E-state index in [-0.39, 0.29) is 6.10 Å². The van der Waals surface area contributed by atoms with Gasteiger partial charge < -0.3 is 10.1 Å². The number of aromatic nitrogens is 4. The first kappa shape index (κ1) is 13.6. The van der Waals surface area contributed by atoms with Gasteiger partial charge in [-0.1, -0.05) is 11.6 Å². The van der Waals surface area contributed by atoms with Gasteiger partial charge in [0.15, 0.2) is 0 Å². The zero-order valence-corrected chi connectivity index (χ0v) is 12.1. The SMILES string of the molecule is Cn1ncc(Cl)c1CNC[C@H]1CCO[C@@H]1c1cn[nH]c1. The lowest BCUT2D eigenvalue weighted by Crippen LogP contribution is -2.25. The molecule has 0 radical (unpaired) electrons. The molecule has 0 bridgehead atoms. The Hall–Kier alpha value is -1.37. The van der Waals surface area contributed by atoms with Crippen LogP contribution in [-0.4, -0.2) is 33.1 Å². The Bertz CT molecular complexity index is 534. The van der Waals surface area contributed by atoms with Gasteiger partial charge in [-0.15, -0.1) is 0 Å². The summed E-state index contributed by atoms with van der Waals surface area (Å²) in [5.41, 5.74) is 2.12. The Kier molecular flexibility index (Phi) is 4.05. The van der Waals surface area contributed by atoms with Crippen LogP contribution in [0.15, 0.2) is 18.6 Å². The molecule has 0 amide bonds. The number of hydrogen-bond acceptors (Lipinski definition) is 4. The highest BCUT2D eigenvalue weighted by Crippen LogP contribution is 2.33. The number of H-pyrrole nitrogens is 1. The molecule has 0 saturated carbocycles. The van der Waals surface area contributed by atoms with E-state index in [1.807, 2.05) is 19.4 Å². The lowest BCUT2D eigenvalue weighted by Gasteiger charge is -2.17. The molecule has 0 aliphatic carbocycles. The smallest absolute Gasteiger partial charge is 0.0896 e. The van der Waals surface area contributed by atoms with Crippen molar-refractivity contribution < 1.29 is 4.74 Å². The lowest BCUT2D eigenvalue weighted by atomic mass is 9.97. The Balaban J connectivity index is 1.56. The van der Waals surface area contributed by atoms with Crippen molar-refractivity contribution in [3.8, 4) is 0 Å². The molecule has 0 spiro atoms. The van der Waals surface area contributed by atoms with Gasteiger partial charge in [-0.3, -0.25) is 9.78 Å². The van der Waals surface area contributed by atoms with Gasteiger partial charge in [0.05, 0.1) is 29.2 Å². The predicted octanol–water partition coefficient (Wildman–Crippen LogP) is 1.66. The second-order valence-electron chi connectivity index (χ2n) is 5.07. The molecule has 7 heteroatoms. The van der Waals surface area contributed by atoms with Gasteiger partial charge in [-0.2, -0.15) is 10.2 Å². The van der Waals surface area contributed by atoms with Crippen molar-refractivity contribution in [1.82, 2.24) is 25.3 Å². The molecule has 1 aliphatic rings. The fourth-order valence-electron chi connectivity index (χ4n) is 2.64. The molecular weight excluding hydrogens is 278 g/mol. The molecule has 20 heavy (non-hydrogen) atoms. The van der Waals surface area contributed by atoms with Crippen LogP contribution < -0.4 is 5.32 Å². The molecular formula is C13H18ClN5O. The average molecular weight is 296 g/mol. The fraction of sp³-hybridized carbons (Fsp3) is 0.538. The maximum atomic E-state index is 6.09. The van der Waals surface area contributed by atoms with Gasteiger partial charge in [-0.05, 0) is 6.42 Å². The first-order valence-corrected chi connectivity index (χ1v) is 7.11. The third-order valence-electron chi connectivity index (χ3n) is 3.77. The highest BCUT2D eigenvalue weighted by molar-refractivity contribution is 6.31. The van der Waals surface area contributed by atoms with Crippen molar-refractivity contribution in [2.24, 2.45) is 13.0 Å². The van der Waals surface area contributed by atoms with E-state index < -0.39 is 0 Å². The fourth-order valence-corrected chi connectivity index (χ4v) is 2.87. The molecule has 3 heterocycles. The highest BCUT2D eigenvalue weighted by Gasteiger charge is 2.29. The Morgan fingerprint density at radius 2 is 2.45 bits per heavy atom. The molecule has 2 atom stereocenters. The maximum Gasteiger partial charge on any atom is 0.0896 e. The van der Waals surface area contributed by atoms with E-state index in [1.54, 1.807) is 10.9 Å². The monoisotopic (exact) mass is 295 g/mol. The van der Waals surface area contributed by atoms with E-state index in [4.69, 9.17) is 16.3 Å². The van der Waals surface area contributed by atoms with Gasteiger partial charge in [0.1, 0.15) is 0 Å². The van der Waals surface area contributed by atoms with Crippen LogP contribution in [0.2, 0.25) is 5.02 Å². The van der Waals surface area contributed by atoms with E-state index >= 15 is 0 Å². The van der Waals surface area contributed by atoms with Gasteiger partial charge >= 0.3 is 0 Å². The van der Waals surface area contributed by atoms with E-state index in [0.717, 1.165) is 30.8 Å². The third-order valence-corrected chi connectivity index (χ3v) is 4.09. The zero-order valence-electron chi connectivity index (χ0n) is 11.3. The van der Waals surface area contributed by atoms with Crippen molar-refractivity contribution in [2.75, 3.05) is 13.2 Å². The van der Waals surface area contributed by atoms with Crippen molar-refractivity contribution >= 4 is 11.6 Å². The average Bonchev–Trinajstić information content (AvgIpc) is 3.14. The summed E-state index contributed by atoms with van der Waals surface area (Å²) in [5, 5.41) is 15.1. The van der Waals surface area contributed by atoms with E-state index in [9.17, 15) is 0 Å². The number of nitrogens with zero attached hydrogens (tertiary/aromatic N) is 3. The summed E-state index contributed by atoms with van der Waals surface area (Å²) >= 11 is 6.09. The molecule has 1 fully saturated rings. The van der Waals surface area contributed by atoms with Crippen LogP contribution in [0.3, 0.4) is 0 Å². The van der Waals surface area contributed by atoms with Crippen LogP contribution in [0, 0.1) is 5.92 Å². The molecule has 3 rings (SSSR count). The molecule has 2 N–H and O–H groups in total. The van der Waals surface area contributed by atoms with Gasteiger partial charge in [-0.25, -0.2) is 0 Å². The van der Waals surface area contributed by atoms with Gasteiger partial charge in [0, 0.05) is 44.4 Å². The molecule has 1 aliphatic heterocycles. The molecule has 2 aromatic rings. The third kappa shape index (κ3) is 2.72. The van der Waals surface area contributed by atoms with E-state index in [1.165, 1.54) is 0 Å². The van der Waals surface area contributed by atoms with Crippen LogP contribution in [0.4, 0.5) is 0 Å². The Morgan fingerprint density at radius 1 is 1.55 bits per heavy atom. The van der Waals surface area contributed by atoms with Crippen LogP contribution in [-0.2, 0) is 18.3 Å². The summed E-state index contributed by atoms with van der Waals surface area (Å²) in [6.07, 6.45) is 6.60. The predicted molar refractivity (Wildman–Crippen MR) is 75.3 cm³/mol. The first-order valence-electron chi connectivity index (χ1n) is 6.73. The largest absolute Gasteiger partial charge is 0.373 e. The summed E-state index contributed by atoms with van der Waals surface area (Å²) < 4.78 is 7.60. The number of nitrogens with one attached hydrogen (secondary N) is 2. The summed E-state index contributed by atoms with van der Waals surface area (Å²) in [7, 11) is 1.90. The van der Waals surface area contributed by atoms with E-state index in [2.05, 4.69) is 20.6 Å². The molecule has 0 unspecified atom stereocenters. The summed E-state index contributed by atoms with van der Waals surface area (Å²) in [5.74, 6) is 0.458. The number of aromatic amines is 1. The standard InChI is InChI=1S/C13H18ClN5O/c1-19-12(11(14)7-18-19)8-15-4-9-2-3-20-13(9)10-5-16-17-6-10/h5-7,9,13,15H,2-4,8H2,1H3,(H,16,17)/t9-,13+/m1/s1. The number of ether oxygens (including phenoxy) is 1. The number of hydrogen-bond donors (Lipinski definition) is 2. The quantitative estimate of drug-likeness (QED) is 0.880. The molecule has 1 saturated heterocycles. The first-order chi connectivity index (χ1) is 9.75. The van der Waals surface area contributed by atoms with Crippen molar-refractivity contribution in [2.45, 2.75) is 19.1 Å². The number of rotatable bonds is 5. The lowest BCUT2D eigenvalue weighted by molar-refractivity contribution is 0.0904. The van der Waals surface area contributed by atoms with Crippen LogP contribution in [0.25, 0.3) is 0 Å². The Morgan fingerprint density at radius 3 is 3.15 bits per heavy atom. The van der Waals surface area contributed by atoms with Crippen molar-refractivity contribution in [3.63, 3.8) is 0 Å². The van der Waals surface area contributed by atoms with Crippen LogP contribution in [0.1, 0.15) is 23.8 Å². The highest BCUT2D eigenvalue weighted by atomic mass is 35.5. The van der Waals surface area contributed by atoms with Crippen molar-refractivity contribution in [3.05, 3.63) is 34.9 Å². The molecule has 108 valence electrons. The van der Waals surface area contributed by atoms with Crippen molar-refractivity contribution in [1.29, 1.82) is 0 Å². The summed E-state index contributed by atoms with van der Waals surface area (Å²) in [6.45, 7) is 2.40. The molecule has 0 aromatic carbocycles. The van der Waals surface area contributed by atoms with Gasteiger partial charge in [0.25, 0.3) is 0 Å². The zero-order chi connectivity index (χ0) is 13.9. The summed E-state index contributed by atoms with van der Waals surface area (Å²) in [4.78, 5) is 0. The second-order valence-corrected chi connectivity index (χ2v) is 5.47. The minimum absolute atomic E-state index is 0.128. The Labute approximate surface area is 122 Å². The summed E-state index contributed by atoms with van der Waals surface area (Å²) in [6, 6.07) is 0. The molecule has 2 aromatic heterocycles. The normalized spacial score (nSPS) is 22.5. The van der Waals surface area contributed by atoms with E-state index in [0.29, 0.717) is 17.5 Å². The minimum Gasteiger partial charge on any atom is -0.373 e. The van der Waals surface area contributed by atoms with Gasteiger partial charge in [0.2, 0.25) is 0 Å². The van der Waals surface area contributed by atoms with Crippen LogP contribution in [0.5, 0.6) is 0 Å². The minimum atomic E-state index is 0.128. The number of halogens is 1. The topological polar surface area (TPSA) is 67.8 Å². The van der Waals surface area contributed by atoms with Crippen LogP contribution >= 0.6 is 11.6 Å². The second kappa shape index (κ2) is 5.95. The number of aryl methyl sites for hydroxylation is 1. The molecule has 6 nitrogen and oxygen atoms in total.